The van der Waals surface area contributed by atoms with Crippen LogP contribution in [0.5, 0.6) is 0 Å². The first-order valence-corrected chi connectivity index (χ1v) is 7.65. The highest BCUT2D eigenvalue weighted by Gasteiger charge is 2.43. The first-order valence-electron chi connectivity index (χ1n) is 7.65. The molecule has 0 heterocycles. The predicted molar refractivity (Wildman–Crippen MR) is 81.3 cm³/mol. The maximum Gasteiger partial charge on any atom is 0.331 e. The zero-order chi connectivity index (χ0) is 16.9. The molecule has 0 spiro atoms. The Morgan fingerprint density at radius 2 is 1.74 bits per heavy atom. The number of carbonyl (C=O) groups is 3. The summed E-state index contributed by atoms with van der Waals surface area (Å²) in [7, 11) is 1.30. The molecule has 0 atom stereocenters. The van der Waals surface area contributed by atoms with Gasteiger partial charge in [0.25, 0.3) is 0 Å². The molecule has 0 bridgehead atoms. The first kappa shape index (κ1) is 17.1. The molecule has 1 aromatic carbocycles. The number of ether oxygens (including phenoxy) is 1. The number of esters is 1. The van der Waals surface area contributed by atoms with Crippen molar-refractivity contribution in [3.05, 3.63) is 35.6 Å². The van der Waals surface area contributed by atoms with Gasteiger partial charge in [0.15, 0.2) is 5.78 Å². The zero-order valence-corrected chi connectivity index (χ0v) is 13.1. The van der Waals surface area contributed by atoms with Crippen LogP contribution in [-0.4, -0.2) is 30.3 Å². The molecule has 0 aliphatic heterocycles. The lowest BCUT2D eigenvalue weighted by Crippen LogP contribution is -2.53. The van der Waals surface area contributed by atoms with Crippen LogP contribution < -0.4 is 5.32 Å². The largest absolute Gasteiger partial charge is 0.467 e. The number of nitrogens with one attached hydrogen (secondary N) is 1. The number of amides is 1. The van der Waals surface area contributed by atoms with Gasteiger partial charge in [0.1, 0.15) is 11.4 Å². The van der Waals surface area contributed by atoms with Gasteiger partial charge in [-0.15, -0.1) is 0 Å². The molecule has 2 rings (SSSR count). The van der Waals surface area contributed by atoms with Crippen LogP contribution in [0.2, 0.25) is 0 Å². The Hall–Kier alpha value is -2.24. The van der Waals surface area contributed by atoms with Crippen molar-refractivity contribution in [3.63, 3.8) is 0 Å². The smallest absolute Gasteiger partial charge is 0.331 e. The van der Waals surface area contributed by atoms with Crippen molar-refractivity contribution < 1.29 is 23.5 Å². The summed E-state index contributed by atoms with van der Waals surface area (Å²) in [5.74, 6) is -1.44. The molecule has 5 nitrogen and oxygen atoms in total. The third kappa shape index (κ3) is 4.15. The van der Waals surface area contributed by atoms with E-state index in [0.717, 1.165) is 12.8 Å². The molecule has 1 saturated carbocycles. The van der Waals surface area contributed by atoms with Gasteiger partial charge in [-0.2, -0.15) is 0 Å². The number of hydrogen-bond acceptors (Lipinski definition) is 4. The fraction of sp³-hybridized carbons (Fsp3) is 0.471. The summed E-state index contributed by atoms with van der Waals surface area (Å²) in [5.41, 5.74) is -0.590. The Morgan fingerprint density at radius 1 is 1.13 bits per heavy atom. The average molecular weight is 321 g/mol. The molecule has 1 N–H and O–H groups in total. The Kier molecular flexibility index (Phi) is 5.47. The third-order valence-electron chi connectivity index (χ3n) is 4.16. The van der Waals surface area contributed by atoms with Gasteiger partial charge in [0.05, 0.1) is 7.11 Å². The van der Waals surface area contributed by atoms with Gasteiger partial charge in [-0.3, -0.25) is 9.59 Å². The van der Waals surface area contributed by atoms with Crippen molar-refractivity contribution in [1.82, 2.24) is 5.32 Å². The van der Waals surface area contributed by atoms with Crippen LogP contribution in [0.15, 0.2) is 24.3 Å². The van der Waals surface area contributed by atoms with E-state index in [-0.39, 0.29) is 24.5 Å². The van der Waals surface area contributed by atoms with Crippen LogP contribution in [0.25, 0.3) is 0 Å². The average Bonchev–Trinajstić information content (AvgIpc) is 3.02. The Labute approximate surface area is 134 Å². The molecule has 0 saturated heterocycles. The van der Waals surface area contributed by atoms with E-state index in [4.69, 9.17) is 4.74 Å². The Balaban J connectivity index is 1.90. The summed E-state index contributed by atoms with van der Waals surface area (Å²) in [4.78, 5) is 36.0. The standard InChI is InChI=1S/C17H20FNO4/c1-23-16(22)17(10-2-3-11-17)19-15(21)9-8-14(20)12-4-6-13(18)7-5-12/h4-7H,2-3,8-11H2,1H3,(H,19,21). The quantitative estimate of drug-likeness (QED) is 0.645. The third-order valence-corrected chi connectivity index (χ3v) is 4.16. The number of benzene rings is 1. The number of ketones is 1. The lowest BCUT2D eigenvalue weighted by Gasteiger charge is -2.27. The molecule has 1 aliphatic rings. The summed E-state index contributed by atoms with van der Waals surface area (Å²) >= 11 is 0. The molecule has 6 heteroatoms. The normalized spacial score (nSPS) is 15.9. The number of hydrogen-bond donors (Lipinski definition) is 1. The molecular formula is C17H20FNO4. The molecule has 23 heavy (non-hydrogen) atoms. The predicted octanol–water partition coefficient (Wildman–Crippen LogP) is 2.39. The van der Waals surface area contributed by atoms with Crippen LogP contribution in [-0.2, 0) is 14.3 Å². The molecule has 124 valence electrons. The van der Waals surface area contributed by atoms with E-state index < -0.39 is 17.3 Å². The van der Waals surface area contributed by atoms with Crippen molar-refractivity contribution in [2.45, 2.75) is 44.1 Å². The van der Waals surface area contributed by atoms with Crippen LogP contribution in [0.1, 0.15) is 48.9 Å². The minimum Gasteiger partial charge on any atom is -0.467 e. The SMILES string of the molecule is COC(=O)C1(NC(=O)CCC(=O)c2ccc(F)cc2)CCCC1. The van der Waals surface area contributed by atoms with Gasteiger partial charge in [-0.05, 0) is 37.1 Å². The molecule has 1 aliphatic carbocycles. The second-order valence-electron chi connectivity index (χ2n) is 5.76. The second-order valence-corrected chi connectivity index (χ2v) is 5.76. The van der Waals surface area contributed by atoms with Crippen molar-refractivity contribution in [2.24, 2.45) is 0 Å². The fourth-order valence-corrected chi connectivity index (χ4v) is 2.89. The first-order chi connectivity index (χ1) is 11.0. The van der Waals surface area contributed by atoms with Gasteiger partial charge in [0, 0.05) is 18.4 Å². The van der Waals surface area contributed by atoms with Gasteiger partial charge in [-0.1, -0.05) is 12.8 Å². The van der Waals surface area contributed by atoms with Crippen LogP contribution in [0.4, 0.5) is 4.39 Å². The van der Waals surface area contributed by atoms with Crippen molar-refractivity contribution in [2.75, 3.05) is 7.11 Å². The highest BCUT2D eigenvalue weighted by Crippen LogP contribution is 2.31. The fourth-order valence-electron chi connectivity index (χ4n) is 2.89. The van der Waals surface area contributed by atoms with Crippen molar-refractivity contribution in [3.8, 4) is 0 Å². The lowest BCUT2D eigenvalue weighted by molar-refractivity contribution is -0.150. The molecule has 1 aromatic rings. The van der Waals surface area contributed by atoms with Gasteiger partial charge in [0.2, 0.25) is 5.91 Å². The number of methoxy groups -OCH3 is 1. The summed E-state index contributed by atoms with van der Waals surface area (Å²) < 4.78 is 17.6. The minimum absolute atomic E-state index is 0.00865. The van der Waals surface area contributed by atoms with Crippen LogP contribution in [0.3, 0.4) is 0 Å². The van der Waals surface area contributed by atoms with E-state index >= 15 is 0 Å². The van der Waals surface area contributed by atoms with Crippen LogP contribution in [0, 0.1) is 5.82 Å². The summed E-state index contributed by atoms with van der Waals surface area (Å²) in [6, 6.07) is 5.20. The monoisotopic (exact) mass is 321 g/mol. The Bertz CT molecular complexity index is 591. The van der Waals surface area contributed by atoms with E-state index in [2.05, 4.69) is 5.32 Å². The zero-order valence-electron chi connectivity index (χ0n) is 13.1. The number of halogens is 1. The van der Waals surface area contributed by atoms with Gasteiger partial charge >= 0.3 is 5.97 Å². The highest BCUT2D eigenvalue weighted by atomic mass is 19.1. The lowest BCUT2D eigenvalue weighted by atomic mass is 9.97. The second kappa shape index (κ2) is 7.35. The summed E-state index contributed by atoms with van der Waals surface area (Å²) in [5, 5.41) is 2.73. The van der Waals surface area contributed by atoms with E-state index in [9.17, 15) is 18.8 Å². The molecule has 0 aromatic heterocycles. The number of rotatable bonds is 6. The van der Waals surface area contributed by atoms with E-state index in [1.165, 1.54) is 31.4 Å². The maximum atomic E-state index is 12.8. The molecular weight excluding hydrogens is 301 g/mol. The molecule has 0 radical (unpaired) electrons. The van der Waals surface area contributed by atoms with Crippen molar-refractivity contribution >= 4 is 17.7 Å². The molecule has 1 amide bonds. The van der Waals surface area contributed by atoms with Gasteiger partial charge in [-0.25, -0.2) is 9.18 Å². The Morgan fingerprint density at radius 3 is 2.30 bits per heavy atom. The summed E-state index contributed by atoms with van der Waals surface area (Å²) in [6.07, 6.45) is 2.80. The van der Waals surface area contributed by atoms with E-state index in [1.54, 1.807) is 0 Å². The highest BCUT2D eigenvalue weighted by molar-refractivity contribution is 5.98. The molecule has 1 fully saturated rings. The van der Waals surface area contributed by atoms with E-state index in [0.29, 0.717) is 18.4 Å². The number of carbonyl (C=O) groups excluding carboxylic acids is 3. The number of Topliss-reactive ketones (excluding diaryl/α,β-unsaturated/α-hetero) is 1. The van der Waals surface area contributed by atoms with E-state index in [1.807, 2.05) is 0 Å². The molecule has 0 unspecified atom stereocenters. The van der Waals surface area contributed by atoms with Crippen LogP contribution >= 0.6 is 0 Å². The van der Waals surface area contributed by atoms with Crippen molar-refractivity contribution in [1.29, 1.82) is 0 Å². The van der Waals surface area contributed by atoms with Gasteiger partial charge < -0.3 is 10.1 Å². The minimum atomic E-state index is -0.954. The summed E-state index contributed by atoms with van der Waals surface area (Å²) in [6.45, 7) is 0. The maximum absolute atomic E-state index is 12.8. The topological polar surface area (TPSA) is 72.5 Å².